The third kappa shape index (κ3) is 5.04. The molecule has 1 saturated heterocycles. The highest BCUT2D eigenvalue weighted by molar-refractivity contribution is 7.98. The van der Waals surface area contributed by atoms with E-state index in [9.17, 15) is 9.59 Å². The minimum absolute atomic E-state index is 0.143. The maximum atomic E-state index is 12.6. The molecule has 1 amide bonds. The van der Waals surface area contributed by atoms with E-state index in [0.29, 0.717) is 13.1 Å². The van der Waals surface area contributed by atoms with Crippen molar-refractivity contribution in [3.63, 3.8) is 0 Å². The molecule has 162 valence electrons. The quantitative estimate of drug-likeness (QED) is 0.465. The number of benzene rings is 2. The number of carbonyl (C=O) groups is 2. The van der Waals surface area contributed by atoms with Gasteiger partial charge >= 0.3 is 5.97 Å². The first-order valence-electron chi connectivity index (χ1n) is 10.8. The van der Waals surface area contributed by atoms with Crippen LogP contribution < -0.4 is 0 Å². The molecule has 4 nitrogen and oxygen atoms in total. The van der Waals surface area contributed by atoms with Crippen LogP contribution >= 0.6 is 11.8 Å². The Bertz CT molecular complexity index is 975. The fraction of sp³-hybridized carbons (Fsp3) is 0.385. The predicted octanol–water partition coefficient (Wildman–Crippen LogP) is 5.45. The molecular weight excluding hydrogens is 406 g/mol. The zero-order valence-corrected chi connectivity index (χ0v) is 19.3. The minimum atomic E-state index is -0.574. The van der Waals surface area contributed by atoms with Gasteiger partial charge in [0.25, 0.3) is 0 Å². The molecule has 0 atom stereocenters. The van der Waals surface area contributed by atoms with Crippen LogP contribution in [0.2, 0.25) is 0 Å². The van der Waals surface area contributed by atoms with E-state index in [-0.39, 0.29) is 12.3 Å². The molecule has 2 aliphatic heterocycles. The van der Waals surface area contributed by atoms with Crippen molar-refractivity contribution in [2.45, 2.75) is 56.3 Å². The molecule has 2 heterocycles. The Kier molecular flexibility index (Phi) is 6.24. The van der Waals surface area contributed by atoms with E-state index in [4.69, 9.17) is 4.74 Å². The standard InChI is InChI=1S/C26H29NO3S/c1-26(2,3)30-24(29)16-23(28)27-14-12-18(13-15-27)25-20-9-5-4-8-19(20)17-31-22-11-7-6-10-21(22)25/h4-11H,12-17H2,1-3H3. The van der Waals surface area contributed by atoms with Crippen molar-refractivity contribution in [1.29, 1.82) is 0 Å². The third-order valence-corrected chi connectivity index (χ3v) is 6.74. The lowest BCUT2D eigenvalue weighted by Crippen LogP contribution is -2.38. The van der Waals surface area contributed by atoms with Gasteiger partial charge in [0.1, 0.15) is 12.0 Å². The van der Waals surface area contributed by atoms with Gasteiger partial charge in [-0.3, -0.25) is 9.59 Å². The monoisotopic (exact) mass is 435 g/mol. The normalized spacial score (nSPS) is 16.3. The Morgan fingerprint density at radius 3 is 2.32 bits per heavy atom. The Hall–Kier alpha value is -2.53. The summed E-state index contributed by atoms with van der Waals surface area (Å²) in [5, 5.41) is 0. The first-order valence-corrected chi connectivity index (χ1v) is 11.8. The molecule has 0 unspecified atom stereocenters. The van der Waals surface area contributed by atoms with Crippen LogP contribution in [0.5, 0.6) is 0 Å². The zero-order valence-electron chi connectivity index (χ0n) is 18.4. The van der Waals surface area contributed by atoms with Crippen LogP contribution in [0.15, 0.2) is 59.0 Å². The Balaban J connectivity index is 1.56. The Morgan fingerprint density at radius 1 is 0.968 bits per heavy atom. The predicted molar refractivity (Wildman–Crippen MR) is 125 cm³/mol. The van der Waals surface area contributed by atoms with Crippen molar-refractivity contribution in [1.82, 2.24) is 4.90 Å². The summed E-state index contributed by atoms with van der Waals surface area (Å²) in [5.74, 6) is 0.366. The van der Waals surface area contributed by atoms with Crippen molar-refractivity contribution >= 4 is 29.2 Å². The highest BCUT2D eigenvalue weighted by atomic mass is 32.2. The number of esters is 1. The van der Waals surface area contributed by atoms with Gasteiger partial charge in [-0.25, -0.2) is 0 Å². The number of carbonyl (C=O) groups excluding carboxylic acids is 2. The topological polar surface area (TPSA) is 46.6 Å². The number of likely N-dealkylation sites (tertiary alicyclic amines) is 1. The number of hydrogen-bond donors (Lipinski definition) is 0. The highest BCUT2D eigenvalue weighted by Crippen LogP contribution is 2.43. The second-order valence-electron chi connectivity index (χ2n) is 9.06. The molecule has 0 aliphatic carbocycles. The van der Waals surface area contributed by atoms with Crippen molar-refractivity contribution in [2.75, 3.05) is 13.1 Å². The number of piperidine rings is 1. The molecule has 0 spiro atoms. The maximum Gasteiger partial charge on any atom is 0.315 e. The number of fused-ring (bicyclic) bond motifs is 2. The SMILES string of the molecule is CC(C)(C)OC(=O)CC(=O)N1CCC(=C2c3ccccc3CSc3ccccc32)CC1. The molecule has 5 heteroatoms. The summed E-state index contributed by atoms with van der Waals surface area (Å²) >= 11 is 1.89. The summed E-state index contributed by atoms with van der Waals surface area (Å²) in [6.45, 7) is 6.72. The van der Waals surface area contributed by atoms with Crippen LogP contribution in [-0.2, 0) is 20.1 Å². The molecule has 0 saturated carbocycles. The van der Waals surface area contributed by atoms with Crippen LogP contribution in [0.1, 0.15) is 56.7 Å². The van der Waals surface area contributed by atoms with Crippen molar-refractivity contribution in [3.8, 4) is 0 Å². The molecule has 2 aromatic carbocycles. The Labute approximate surface area is 188 Å². The van der Waals surface area contributed by atoms with E-state index in [0.717, 1.165) is 18.6 Å². The summed E-state index contributed by atoms with van der Waals surface area (Å²) in [6.07, 6.45) is 1.46. The van der Waals surface area contributed by atoms with E-state index in [1.54, 1.807) is 4.90 Å². The van der Waals surface area contributed by atoms with E-state index in [2.05, 4.69) is 48.5 Å². The second kappa shape index (κ2) is 8.91. The average molecular weight is 436 g/mol. The highest BCUT2D eigenvalue weighted by Gasteiger charge is 2.27. The first kappa shape index (κ1) is 21.7. The van der Waals surface area contributed by atoms with Crippen molar-refractivity contribution in [2.24, 2.45) is 0 Å². The number of amides is 1. The van der Waals surface area contributed by atoms with Gasteiger partial charge in [0.2, 0.25) is 5.91 Å². The number of nitrogens with zero attached hydrogens (tertiary/aromatic N) is 1. The summed E-state index contributed by atoms with van der Waals surface area (Å²) < 4.78 is 5.31. The van der Waals surface area contributed by atoms with Crippen LogP contribution in [0.4, 0.5) is 0 Å². The molecule has 2 aliphatic rings. The summed E-state index contributed by atoms with van der Waals surface area (Å²) in [4.78, 5) is 27.8. The van der Waals surface area contributed by atoms with Gasteiger partial charge in [-0.1, -0.05) is 48.0 Å². The molecule has 0 bridgehead atoms. The lowest BCUT2D eigenvalue weighted by molar-refractivity contribution is -0.158. The van der Waals surface area contributed by atoms with E-state index in [1.165, 1.54) is 32.7 Å². The van der Waals surface area contributed by atoms with Crippen molar-refractivity contribution < 1.29 is 14.3 Å². The van der Waals surface area contributed by atoms with Crippen LogP contribution in [0.3, 0.4) is 0 Å². The van der Waals surface area contributed by atoms with Crippen molar-refractivity contribution in [3.05, 3.63) is 70.8 Å². The van der Waals surface area contributed by atoms with Gasteiger partial charge in [0.15, 0.2) is 0 Å². The van der Waals surface area contributed by atoms with Gasteiger partial charge in [-0.2, -0.15) is 0 Å². The lowest BCUT2D eigenvalue weighted by Gasteiger charge is -2.31. The molecule has 31 heavy (non-hydrogen) atoms. The summed E-state index contributed by atoms with van der Waals surface area (Å²) in [6, 6.07) is 17.3. The largest absolute Gasteiger partial charge is 0.460 e. The molecule has 2 aromatic rings. The van der Waals surface area contributed by atoms with Gasteiger partial charge in [-0.05, 0) is 61.9 Å². The van der Waals surface area contributed by atoms with Crippen LogP contribution in [0, 0.1) is 0 Å². The summed E-state index contributed by atoms with van der Waals surface area (Å²) in [5.41, 5.74) is 6.10. The number of hydrogen-bond acceptors (Lipinski definition) is 4. The van der Waals surface area contributed by atoms with E-state index < -0.39 is 11.6 Å². The van der Waals surface area contributed by atoms with Gasteiger partial charge in [-0.15, -0.1) is 11.8 Å². The molecule has 0 aromatic heterocycles. The number of ether oxygens (including phenoxy) is 1. The summed E-state index contributed by atoms with van der Waals surface area (Å²) in [7, 11) is 0. The van der Waals surface area contributed by atoms with E-state index >= 15 is 0 Å². The lowest BCUT2D eigenvalue weighted by atomic mass is 9.86. The molecule has 1 fully saturated rings. The second-order valence-corrected chi connectivity index (χ2v) is 10.1. The molecule has 0 N–H and O–H groups in total. The van der Waals surface area contributed by atoms with E-state index in [1.807, 2.05) is 32.5 Å². The number of rotatable bonds is 2. The zero-order chi connectivity index (χ0) is 22.0. The minimum Gasteiger partial charge on any atom is -0.460 e. The van der Waals surface area contributed by atoms with Crippen LogP contribution in [-0.4, -0.2) is 35.5 Å². The third-order valence-electron chi connectivity index (χ3n) is 5.62. The maximum absolute atomic E-state index is 12.6. The van der Waals surface area contributed by atoms with Gasteiger partial charge < -0.3 is 9.64 Å². The Morgan fingerprint density at radius 2 is 1.61 bits per heavy atom. The fourth-order valence-electron chi connectivity index (χ4n) is 4.26. The smallest absolute Gasteiger partial charge is 0.315 e. The average Bonchev–Trinajstić information content (AvgIpc) is 2.89. The first-order chi connectivity index (χ1) is 14.8. The fourth-order valence-corrected chi connectivity index (χ4v) is 5.32. The van der Waals surface area contributed by atoms with Crippen LogP contribution in [0.25, 0.3) is 5.57 Å². The molecule has 0 radical (unpaired) electrons. The molecular formula is C26H29NO3S. The van der Waals surface area contributed by atoms with Gasteiger partial charge in [0, 0.05) is 23.7 Å². The number of thioether (sulfide) groups is 1. The van der Waals surface area contributed by atoms with Gasteiger partial charge in [0.05, 0.1) is 0 Å². The molecule has 4 rings (SSSR count).